The van der Waals surface area contributed by atoms with E-state index < -0.39 is 11.5 Å². The fourth-order valence-electron chi connectivity index (χ4n) is 2.68. The van der Waals surface area contributed by atoms with E-state index in [1.54, 1.807) is 6.92 Å². The lowest BCUT2D eigenvalue weighted by Gasteiger charge is -2.31. The van der Waals surface area contributed by atoms with Crippen molar-refractivity contribution in [1.29, 1.82) is 0 Å². The van der Waals surface area contributed by atoms with Crippen LogP contribution in [0.5, 0.6) is 0 Å². The van der Waals surface area contributed by atoms with Gasteiger partial charge in [0.25, 0.3) is 0 Å². The first-order valence-corrected chi connectivity index (χ1v) is 8.37. The zero-order chi connectivity index (χ0) is 16.5. The number of hydrogen-bond donors (Lipinski definition) is 2. The van der Waals surface area contributed by atoms with Gasteiger partial charge in [-0.05, 0) is 40.0 Å². The first-order chi connectivity index (χ1) is 9.75. The second-order valence-corrected chi connectivity index (χ2v) is 6.70. The average Bonchev–Trinajstić information content (AvgIpc) is 2.37. The number of aliphatic carboxylic acids is 1. The molecule has 0 aliphatic heterocycles. The molecule has 0 rings (SSSR count). The van der Waals surface area contributed by atoms with Crippen molar-refractivity contribution < 1.29 is 14.6 Å². The number of ether oxygens (including phenoxy) is 1. The van der Waals surface area contributed by atoms with Gasteiger partial charge < -0.3 is 9.84 Å². The van der Waals surface area contributed by atoms with E-state index in [-0.39, 0.29) is 12.1 Å². The second-order valence-electron chi connectivity index (χ2n) is 6.70. The molecule has 3 atom stereocenters. The third kappa shape index (κ3) is 8.42. The summed E-state index contributed by atoms with van der Waals surface area (Å²) in [5.74, 6) is -0.230. The van der Waals surface area contributed by atoms with Crippen LogP contribution in [0.15, 0.2) is 0 Å². The van der Waals surface area contributed by atoms with E-state index in [0.29, 0.717) is 12.3 Å². The highest BCUT2D eigenvalue weighted by Gasteiger charge is 2.35. The van der Waals surface area contributed by atoms with Gasteiger partial charge in [-0.3, -0.25) is 10.1 Å². The zero-order valence-electron chi connectivity index (χ0n) is 14.7. The molecule has 21 heavy (non-hydrogen) atoms. The van der Waals surface area contributed by atoms with Crippen molar-refractivity contribution in [3.63, 3.8) is 0 Å². The van der Waals surface area contributed by atoms with Crippen LogP contribution in [0.2, 0.25) is 0 Å². The molecule has 0 aromatic heterocycles. The molecule has 0 spiro atoms. The molecule has 0 saturated heterocycles. The van der Waals surface area contributed by atoms with Gasteiger partial charge in [0.05, 0.1) is 6.10 Å². The van der Waals surface area contributed by atoms with Gasteiger partial charge in [-0.2, -0.15) is 0 Å². The molecule has 126 valence electrons. The number of carboxylic acids is 1. The molecule has 4 nitrogen and oxygen atoms in total. The number of nitrogens with one attached hydrogen (secondary N) is 1. The highest BCUT2D eigenvalue weighted by atomic mass is 16.5. The van der Waals surface area contributed by atoms with Gasteiger partial charge in [0.15, 0.2) is 0 Å². The van der Waals surface area contributed by atoms with Crippen LogP contribution in [-0.4, -0.2) is 35.4 Å². The maximum Gasteiger partial charge on any atom is 0.323 e. The van der Waals surface area contributed by atoms with E-state index in [0.717, 1.165) is 13.0 Å². The van der Waals surface area contributed by atoms with Crippen molar-refractivity contribution in [2.75, 3.05) is 6.61 Å². The maximum atomic E-state index is 11.5. The normalized spacial score (nSPS) is 17.5. The van der Waals surface area contributed by atoms with Crippen LogP contribution >= 0.6 is 0 Å². The van der Waals surface area contributed by atoms with Gasteiger partial charge >= 0.3 is 5.97 Å². The summed E-state index contributed by atoms with van der Waals surface area (Å²) in [5.41, 5.74) is -0.932. The van der Waals surface area contributed by atoms with E-state index in [1.807, 2.05) is 20.8 Å². The Morgan fingerprint density at radius 3 is 2.33 bits per heavy atom. The lowest BCUT2D eigenvalue weighted by Crippen LogP contribution is -2.54. The van der Waals surface area contributed by atoms with Crippen LogP contribution in [0.25, 0.3) is 0 Å². The van der Waals surface area contributed by atoms with Gasteiger partial charge in [-0.25, -0.2) is 0 Å². The van der Waals surface area contributed by atoms with Gasteiger partial charge in [0.1, 0.15) is 5.54 Å². The Kier molecular flexibility index (Phi) is 9.88. The summed E-state index contributed by atoms with van der Waals surface area (Å²) in [4.78, 5) is 11.5. The minimum Gasteiger partial charge on any atom is -0.480 e. The molecule has 0 amide bonds. The Hall–Kier alpha value is -0.610. The average molecular weight is 301 g/mol. The summed E-state index contributed by atoms with van der Waals surface area (Å²) in [6.07, 6.45) is 5.17. The van der Waals surface area contributed by atoms with Crippen molar-refractivity contribution in [3.8, 4) is 0 Å². The number of rotatable bonds is 12. The Labute approximate surface area is 130 Å². The van der Waals surface area contributed by atoms with Crippen LogP contribution in [0.4, 0.5) is 0 Å². The van der Waals surface area contributed by atoms with Crippen molar-refractivity contribution >= 4 is 5.97 Å². The highest BCUT2D eigenvalue weighted by Crippen LogP contribution is 2.19. The molecule has 2 N–H and O–H groups in total. The molecule has 0 aliphatic rings. The summed E-state index contributed by atoms with van der Waals surface area (Å²) < 4.78 is 5.92. The predicted molar refractivity (Wildman–Crippen MR) is 87.6 cm³/mol. The van der Waals surface area contributed by atoms with Crippen molar-refractivity contribution in [1.82, 2.24) is 5.32 Å². The first kappa shape index (κ1) is 20.4. The molecule has 0 saturated carbocycles. The predicted octanol–water partition coefficient (Wildman–Crippen LogP) is 3.84. The van der Waals surface area contributed by atoms with E-state index in [9.17, 15) is 9.90 Å². The topological polar surface area (TPSA) is 58.6 Å². The second kappa shape index (κ2) is 10.2. The molecule has 0 aliphatic carbocycles. The van der Waals surface area contributed by atoms with Gasteiger partial charge in [-0.15, -0.1) is 0 Å². The largest absolute Gasteiger partial charge is 0.480 e. The fraction of sp³-hybridized carbons (Fsp3) is 0.941. The quantitative estimate of drug-likeness (QED) is 0.575. The number of carboxylic acid groups (broad SMARTS) is 1. The van der Waals surface area contributed by atoms with Gasteiger partial charge in [-0.1, -0.05) is 33.1 Å². The van der Waals surface area contributed by atoms with Crippen molar-refractivity contribution in [2.24, 2.45) is 5.92 Å². The Balaban J connectivity index is 4.37. The van der Waals surface area contributed by atoms with E-state index in [4.69, 9.17) is 4.74 Å². The molecule has 0 aromatic carbocycles. The molecule has 0 bridgehead atoms. The van der Waals surface area contributed by atoms with Crippen LogP contribution < -0.4 is 5.32 Å². The lowest BCUT2D eigenvalue weighted by atomic mass is 9.93. The third-order valence-corrected chi connectivity index (χ3v) is 3.93. The molecule has 0 fully saturated rings. The zero-order valence-corrected chi connectivity index (χ0v) is 14.7. The summed E-state index contributed by atoms with van der Waals surface area (Å²) in [6, 6.07) is 0.131. The number of carbonyl (C=O) groups is 1. The third-order valence-electron chi connectivity index (χ3n) is 3.93. The summed E-state index contributed by atoms with van der Waals surface area (Å²) >= 11 is 0. The van der Waals surface area contributed by atoms with Crippen molar-refractivity contribution in [3.05, 3.63) is 0 Å². The van der Waals surface area contributed by atoms with E-state index in [1.165, 1.54) is 19.3 Å². The summed E-state index contributed by atoms with van der Waals surface area (Å²) in [5, 5.41) is 12.6. The maximum absolute atomic E-state index is 11.5. The van der Waals surface area contributed by atoms with Gasteiger partial charge in [0.2, 0.25) is 0 Å². The van der Waals surface area contributed by atoms with E-state index in [2.05, 4.69) is 19.2 Å². The summed E-state index contributed by atoms with van der Waals surface area (Å²) in [6.45, 7) is 12.8. The van der Waals surface area contributed by atoms with Gasteiger partial charge in [0, 0.05) is 19.1 Å². The Morgan fingerprint density at radius 2 is 1.90 bits per heavy atom. The smallest absolute Gasteiger partial charge is 0.323 e. The number of hydrogen-bond acceptors (Lipinski definition) is 3. The molecule has 0 aromatic rings. The van der Waals surface area contributed by atoms with Crippen LogP contribution in [0.3, 0.4) is 0 Å². The van der Waals surface area contributed by atoms with Crippen LogP contribution in [-0.2, 0) is 9.53 Å². The van der Waals surface area contributed by atoms with Crippen molar-refractivity contribution in [2.45, 2.75) is 91.3 Å². The highest BCUT2D eigenvalue weighted by molar-refractivity contribution is 5.78. The lowest BCUT2D eigenvalue weighted by molar-refractivity contribution is -0.146. The van der Waals surface area contributed by atoms with Crippen LogP contribution in [0, 0.1) is 5.92 Å². The molecule has 4 heteroatoms. The SMILES string of the molecule is CCCCC(CC)COC(C)CC(C)(NC(C)C)C(=O)O. The minimum atomic E-state index is -0.932. The molecule has 0 heterocycles. The fourth-order valence-corrected chi connectivity index (χ4v) is 2.68. The van der Waals surface area contributed by atoms with E-state index >= 15 is 0 Å². The first-order valence-electron chi connectivity index (χ1n) is 8.37. The molecular weight excluding hydrogens is 266 g/mol. The molecule has 3 unspecified atom stereocenters. The molecule has 0 radical (unpaired) electrons. The van der Waals surface area contributed by atoms with Crippen LogP contribution in [0.1, 0.15) is 73.6 Å². The Bertz CT molecular complexity index is 294. The summed E-state index contributed by atoms with van der Waals surface area (Å²) in [7, 11) is 0. The monoisotopic (exact) mass is 301 g/mol. The Morgan fingerprint density at radius 1 is 1.29 bits per heavy atom. The number of unbranched alkanes of at least 4 members (excludes halogenated alkanes) is 1. The molecular formula is C17H35NO3. The minimum absolute atomic E-state index is 0.0620. The standard InChI is InChI=1S/C17H35NO3/c1-7-9-10-15(8-2)12-21-14(5)11-17(6,16(19)20)18-13(3)4/h13-15,18H,7-12H2,1-6H3,(H,19,20).